The highest BCUT2D eigenvalue weighted by Gasteiger charge is 2.18. The molecule has 162 valence electrons. The van der Waals surface area contributed by atoms with Crippen LogP contribution >= 0.6 is 0 Å². The molecule has 0 saturated heterocycles. The molecular weight excluding hydrogens is 404 g/mol. The van der Waals surface area contributed by atoms with E-state index in [4.69, 9.17) is 11.5 Å². The summed E-state index contributed by atoms with van der Waals surface area (Å²) in [5, 5.41) is 2.87. The van der Waals surface area contributed by atoms with Crippen molar-refractivity contribution in [2.24, 2.45) is 5.73 Å². The minimum Gasteiger partial charge on any atom is -0.382 e. The highest BCUT2D eigenvalue weighted by Crippen LogP contribution is 2.23. The highest BCUT2D eigenvalue weighted by atomic mass is 16.1. The number of nitrogens with two attached hydrogens (primary N) is 2. The van der Waals surface area contributed by atoms with E-state index in [0.717, 1.165) is 35.5 Å². The lowest BCUT2D eigenvalue weighted by atomic mass is 10.1. The number of hydrogen-bond acceptors (Lipinski definition) is 7. The molecule has 4 rings (SSSR count). The molecule has 9 nitrogen and oxygen atoms in total. The maximum absolute atomic E-state index is 13.1. The molecule has 0 radical (unpaired) electrons. The van der Waals surface area contributed by atoms with Gasteiger partial charge in [-0.05, 0) is 24.6 Å². The summed E-state index contributed by atoms with van der Waals surface area (Å²) in [4.78, 5) is 30.2. The largest absolute Gasteiger partial charge is 0.382 e. The van der Waals surface area contributed by atoms with Gasteiger partial charge in [0.1, 0.15) is 5.82 Å². The molecule has 1 aromatic carbocycles. The summed E-state index contributed by atoms with van der Waals surface area (Å²) >= 11 is 0. The summed E-state index contributed by atoms with van der Waals surface area (Å²) in [5.74, 6) is 0.448. The number of imidazole rings is 1. The second-order valence-corrected chi connectivity index (χ2v) is 7.14. The van der Waals surface area contributed by atoms with Crippen LogP contribution in [0.3, 0.4) is 0 Å². The fraction of sp³-hybridized carbons (Fsp3) is 0.174. The predicted molar refractivity (Wildman–Crippen MR) is 123 cm³/mol. The number of nitrogen functional groups attached to an aromatic ring is 1. The van der Waals surface area contributed by atoms with Crippen LogP contribution in [-0.2, 0) is 12.8 Å². The van der Waals surface area contributed by atoms with Crippen LogP contribution in [0.1, 0.15) is 28.8 Å². The number of rotatable bonds is 7. The van der Waals surface area contributed by atoms with Crippen LogP contribution in [0.5, 0.6) is 0 Å². The molecule has 3 heterocycles. The van der Waals surface area contributed by atoms with Gasteiger partial charge in [0.25, 0.3) is 5.91 Å². The standard InChI is InChI=1S/C23H24N8O/c1-2-20-27-11-12-31(20)19-8-10-26-13-18(19)30-23(32)21-22(25)28-14-17(29-21)16-5-3-15(4-6-16)7-9-24/h3-6,8,10-14H,2,7,9,24H2,1H3,(H2,25,28)(H,30,32). The fourth-order valence-corrected chi connectivity index (χ4v) is 3.40. The molecule has 3 aromatic heterocycles. The zero-order valence-corrected chi connectivity index (χ0v) is 17.7. The van der Waals surface area contributed by atoms with Gasteiger partial charge in [0.15, 0.2) is 11.5 Å². The van der Waals surface area contributed by atoms with E-state index in [-0.39, 0.29) is 11.5 Å². The summed E-state index contributed by atoms with van der Waals surface area (Å²) in [6.07, 6.45) is 9.89. The number of carbonyl (C=O) groups excluding carboxylic acids is 1. The molecule has 0 bridgehead atoms. The molecule has 0 aliphatic heterocycles. The van der Waals surface area contributed by atoms with Crippen LogP contribution in [-0.4, -0.2) is 37.0 Å². The maximum atomic E-state index is 13.1. The highest BCUT2D eigenvalue weighted by molar-refractivity contribution is 6.06. The van der Waals surface area contributed by atoms with E-state index in [2.05, 4.69) is 25.3 Å². The van der Waals surface area contributed by atoms with Crippen molar-refractivity contribution in [3.63, 3.8) is 0 Å². The maximum Gasteiger partial charge on any atom is 0.278 e. The monoisotopic (exact) mass is 428 g/mol. The Kier molecular flexibility index (Phi) is 6.18. The number of carbonyl (C=O) groups is 1. The number of anilines is 2. The first-order chi connectivity index (χ1) is 15.6. The van der Waals surface area contributed by atoms with Gasteiger partial charge >= 0.3 is 0 Å². The van der Waals surface area contributed by atoms with Crippen molar-refractivity contribution in [2.75, 3.05) is 17.6 Å². The molecule has 9 heteroatoms. The Hall–Kier alpha value is -4.11. The third-order valence-electron chi connectivity index (χ3n) is 5.04. The number of nitrogens with one attached hydrogen (secondary N) is 1. The van der Waals surface area contributed by atoms with E-state index >= 15 is 0 Å². The Bertz CT molecular complexity index is 1230. The second-order valence-electron chi connectivity index (χ2n) is 7.14. The molecule has 0 unspecified atom stereocenters. The summed E-state index contributed by atoms with van der Waals surface area (Å²) < 4.78 is 1.91. The van der Waals surface area contributed by atoms with Crippen LogP contribution in [0.4, 0.5) is 11.5 Å². The van der Waals surface area contributed by atoms with E-state index in [1.165, 1.54) is 0 Å². The van der Waals surface area contributed by atoms with Crippen LogP contribution in [0.2, 0.25) is 0 Å². The molecule has 0 spiro atoms. The van der Waals surface area contributed by atoms with Gasteiger partial charge in [0.05, 0.1) is 29.5 Å². The van der Waals surface area contributed by atoms with E-state index in [1.807, 2.05) is 48.0 Å². The number of benzene rings is 1. The molecular formula is C23H24N8O. The molecule has 0 aliphatic carbocycles. The van der Waals surface area contributed by atoms with E-state index in [1.54, 1.807) is 24.8 Å². The molecule has 4 aromatic rings. The average Bonchev–Trinajstić information content (AvgIpc) is 3.29. The Morgan fingerprint density at radius 2 is 1.91 bits per heavy atom. The number of aromatic nitrogens is 5. The number of nitrogens with zero attached hydrogens (tertiary/aromatic N) is 5. The third-order valence-corrected chi connectivity index (χ3v) is 5.04. The minimum atomic E-state index is -0.469. The topological polar surface area (TPSA) is 138 Å². The summed E-state index contributed by atoms with van der Waals surface area (Å²) in [6.45, 7) is 2.60. The zero-order chi connectivity index (χ0) is 22.5. The van der Waals surface area contributed by atoms with Crippen LogP contribution < -0.4 is 16.8 Å². The first-order valence-electron chi connectivity index (χ1n) is 10.3. The van der Waals surface area contributed by atoms with Gasteiger partial charge in [-0.3, -0.25) is 9.78 Å². The first kappa shape index (κ1) is 21.1. The summed E-state index contributed by atoms with van der Waals surface area (Å²) in [6, 6.07) is 9.64. The Morgan fingerprint density at radius 1 is 1.09 bits per heavy atom. The van der Waals surface area contributed by atoms with Crippen molar-refractivity contribution in [3.05, 3.63) is 78.4 Å². The Labute approximate surface area is 185 Å². The smallest absolute Gasteiger partial charge is 0.278 e. The van der Waals surface area contributed by atoms with Crippen molar-refractivity contribution in [2.45, 2.75) is 19.8 Å². The Balaban J connectivity index is 1.63. The number of amides is 1. The van der Waals surface area contributed by atoms with Gasteiger partial charge in [-0.2, -0.15) is 0 Å². The predicted octanol–water partition coefficient (Wildman–Crippen LogP) is 2.62. The molecule has 0 fully saturated rings. The fourth-order valence-electron chi connectivity index (χ4n) is 3.40. The second kappa shape index (κ2) is 9.36. The van der Waals surface area contributed by atoms with Crippen molar-refractivity contribution in [3.8, 4) is 16.9 Å². The third kappa shape index (κ3) is 4.33. The van der Waals surface area contributed by atoms with Crippen LogP contribution in [0.25, 0.3) is 16.9 Å². The average molecular weight is 429 g/mol. The van der Waals surface area contributed by atoms with E-state index in [0.29, 0.717) is 17.9 Å². The van der Waals surface area contributed by atoms with Crippen LogP contribution in [0.15, 0.2) is 61.3 Å². The van der Waals surface area contributed by atoms with Crippen molar-refractivity contribution >= 4 is 17.4 Å². The van der Waals surface area contributed by atoms with Crippen LogP contribution in [0, 0.1) is 0 Å². The number of hydrogen-bond donors (Lipinski definition) is 3. The summed E-state index contributed by atoms with van der Waals surface area (Å²) in [7, 11) is 0. The molecule has 0 saturated carbocycles. The van der Waals surface area contributed by atoms with E-state index in [9.17, 15) is 4.79 Å². The number of aryl methyl sites for hydroxylation is 1. The van der Waals surface area contributed by atoms with Gasteiger partial charge in [0, 0.05) is 30.6 Å². The molecule has 1 amide bonds. The SMILES string of the molecule is CCc1nccn1-c1ccncc1NC(=O)c1nc(-c2ccc(CCN)cc2)cnc1N. The molecule has 0 aliphatic rings. The van der Waals surface area contributed by atoms with Gasteiger partial charge in [-0.25, -0.2) is 15.0 Å². The molecule has 32 heavy (non-hydrogen) atoms. The van der Waals surface area contributed by atoms with Crippen molar-refractivity contribution < 1.29 is 4.79 Å². The van der Waals surface area contributed by atoms with E-state index < -0.39 is 5.91 Å². The Morgan fingerprint density at radius 3 is 2.66 bits per heavy atom. The summed E-state index contributed by atoms with van der Waals surface area (Å²) in [5.41, 5.74) is 15.4. The lowest BCUT2D eigenvalue weighted by Gasteiger charge is -2.13. The lowest BCUT2D eigenvalue weighted by Crippen LogP contribution is -2.18. The molecule has 5 N–H and O–H groups in total. The zero-order valence-electron chi connectivity index (χ0n) is 17.7. The van der Waals surface area contributed by atoms with Gasteiger partial charge in [0.2, 0.25) is 0 Å². The normalized spacial score (nSPS) is 10.8. The minimum absolute atomic E-state index is 0.0460. The van der Waals surface area contributed by atoms with Crippen molar-refractivity contribution in [1.82, 2.24) is 24.5 Å². The van der Waals surface area contributed by atoms with Crippen molar-refractivity contribution in [1.29, 1.82) is 0 Å². The van der Waals surface area contributed by atoms with Gasteiger partial charge in [-0.15, -0.1) is 0 Å². The van der Waals surface area contributed by atoms with Gasteiger partial charge in [-0.1, -0.05) is 31.2 Å². The first-order valence-corrected chi connectivity index (χ1v) is 10.3. The quantitative estimate of drug-likeness (QED) is 0.411. The molecule has 0 atom stereocenters. The number of pyridine rings is 1. The van der Waals surface area contributed by atoms with Gasteiger partial charge < -0.3 is 21.4 Å². The lowest BCUT2D eigenvalue weighted by molar-refractivity contribution is 0.102.